The van der Waals surface area contributed by atoms with Gasteiger partial charge >= 0.3 is 5.97 Å². The van der Waals surface area contributed by atoms with Crippen molar-refractivity contribution in [2.24, 2.45) is 0 Å². The fourth-order valence-corrected chi connectivity index (χ4v) is 1.43. The van der Waals surface area contributed by atoms with E-state index in [0.29, 0.717) is 6.61 Å². The number of aliphatic carboxylic acids is 1. The van der Waals surface area contributed by atoms with Gasteiger partial charge in [-0.3, -0.25) is 9.69 Å². The molecule has 2 unspecified atom stereocenters. The van der Waals surface area contributed by atoms with Gasteiger partial charge in [-0.15, -0.1) is 0 Å². The third-order valence-corrected chi connectivity index (χ3v) is 2.14. The van der Waals surface area contributed by atoms with Crippen LogP contribution >= 0.6 is 0 Å². The summed E-state index contributed by atoms with van der Waals surface area (Å²) in [5, 5.41) is 8.61. The number of ether oxygens (including phenoxy) is 1. The summed E-state index contributed by atoms with van der Waals surface area (Å²) in [7, 11) is 0. The number of hydrogen-bond donors (Lipinski definition) is 1. The molecule has 0 aliphatic carbocycles. The Balaban J connectivity index is 2.05. The third-order valence-electron chi connectivity index (χ3n) is 2.14. The van der Waals surface area contributed by atoms with E-state index >= 15 is 0 Å². The van der Waals surface area contributed by atoms with Gasteiger partial charge in [0.15, 0.2) is 0 Å². The van der Waals surface area contributed by atoms with Crippen LogP contribution in [-0.4, -0.2) is 41.4 Å². The lowest BCUT2D eigenvalue weighted by molar-refractivity contribution is -0.144. The van der Waals surface area contributed by atoms with Crippen molar-refractivity contribution < 1.29 is 14.6 Å². The van der Waals surface area contributed by atoms with Crippen molar-refractivity contribution >= 4 is 5.97 Å². The van der Waals surface area contributed by atoms with Crippen molar-refractivity contribution in [1.82, 2.24) is 4.90 Å². The Kier molecular flexibility index (Phi) is 1.18. The third kappa shape index (κ3) is 0.660. The second-order valence-corrected chi connectivity index (χ2v) is 2.67. The van der Waals surface area contributed by atoms with Crippen LogP contribution in [0, 0.1) is 0 Å². The molecule has 1 N–H and O–H groups in total. The minimum atomic E-state index is -0.762. The lowest BCUT2D eigenvalue weighted by Crippen LogP contribution is -2.50. The minimum Gasteiger partial charge on any atom is -0.480 e. The Hall–Kier alpha value is -0.610. The molecule has 0 aromatic carbocycles. The Morgan fingerprint density at radius 3 is 2.80 bits per heavy atom. The molecule has 4 heteroatoms. The van der Waals surface area contributed by atoms with Gasteiger partial charge in [0.25, 0.3) is 0 Å². The first kappa shape index (κ1) is 6.12. The van der Waals surface area contributed by atoms with Crippen LogP contribution in [0.15, 0.2) is 0 Å². The first-order chi connectivity index (χ1) is 4.79. The van der Waals surface area contributed by atoms with E-state index in [0.717, 1.165) is 13.0 Å². The van der Waals surface area contributed by atoms with Gasteiger partial charge in [0.2, 0.25) is 0 Å². The number of carboxylic acid groups (broad SMARTS) is 1. The standard InChI is InChI=1S/C6H9NO3/c8-6(9)4-3-10-5-1-2-7(4)5/h4-5H,1-3H2,(H,8,9). The molecule has 0 saturated carbocycles. The van der Waals surface area contributed by atoms with Gasteiger partial charge in [0.05, 0.1) is 6.61 Å². The molecule has 0 radical (unpaired) electrons. The highest BCUT2D eigenvalue weighted by molar-refractivity contribution is 5.74. The number of carboxylic acids is 1. The number of hydrogen-bond acceptors (Lipinski definition) is 3. The van der Waals surface area contributed by atoms with Crippen molar-refractivity contribution in [2.45, 2.75) is 18.7 Å². The monoisotopic (exact) mass is 143 g/mol. The Morgan fingerprint density at radius 2 is 2.50 bits per heavy atom. The summed E-state index contributed by atoms with van der Waals surface area (Å²) < 4.78 is 5.17. The Bertz CT molecular complexity index is 170. The maximum absolute atomic E-state index is 10.5. The molecule has 0 aromatic rings. The van der Waals surface area contributed by atoms with Crippen LogP contribution in [0.2, 0.25) is 0 Å². The van der Waals surface area contributed by atoms with Crippen molar-refractivity contribution in [1.29, 1.82) is 0 Å². The van der Waals surface area contributed by atoms with Crippen LogP contribution in [0.25, 0.3) is 0 Å². The molecule has 2 saturated heterocycles. The molecule has 2 atom stereocenters. The van der Waals surface area contributed by atoms with Crippen LogP contribution in [0.1, 0.15) is 6.42 Å². The first-order valence-corrected chi connectivity index (χ1v) is 3.39. The van der Waals surface area contributed by atoms with Crippen LogP contribution in [0.3, 0.4) is 0 Å². The van der Waals surface area contributed by atoms with E-state index in [1.165, 1.54) is 0 Å². The molecular formula is C6H9NO3. The van der Waals surface area contributed by atoms with Gasteiger partial charge in [-0.25, -0.2) is 0 Å². The maximum atomic E-state index is 10.5. The number of fused-ring (bicyclic) bond motifs is 1. The van der Waals surface area contributed by atoms with Crippen molar-refractivity contribution in [3.05, 3.63) is 0 Å². The van der Waals surface area contributed by atoms with Crippen LogP contribution in [0.5, 0.6) is 0 Å². The van der Waals surface area contributed by atoms with Crippen molar-refractivity contribution in [2.75, 3.05) is 13.2 Å². The lowest BCUT2D eigenvalue weighted by atomic mass is 10.1. The van der Waals surface area contributed by atoms with Crippen LogP contribution in [-0.2, 0) is 9.53 Å². The zero-order valence-corrected chi connectivity index (χ0v) is 5.49. The van der Waals surface area contributed by atoms with E-state index < -0.39 is 5.97 Å². The van der Waals surface area contributed by atoms with Crippen molar-refractivity contribution in [3.8, 4) is 0 Å². The molecule has 2 fully saturated rings. The van der Waals surface area contributed by atoms with E-state index in [2.05, 4.69) is 0 Å². The second-order valence-electron chi connectivity index (χ2n) is 2.67. The molecule has 2 rings (SSSR count). The highest BCUT2D eigenvalue weighted by Crippen LogP contribution is 2.27. The fourth-order valence-electron chi connectivity index (χ4n) is 1.43. The zero-order valence-electron chi connectivity index (χ0n) is 5.49. The van der Waals surface area contributed by atoms with Gasteiger partial charge in [0.1, 0.15) is 12.3 Å². The van der Waals surface area contributed by atoms with E-state index in [9.17, 15) is 4.79 Å². The summed E-state index contributed by atoms with van der Waals surface area (Å²) in [6, 6.07) is -0.376. The molecule has 0 amide bonds. The van der Waals surface area contributed by atoms with Crippen LogP contribution in [0.4, 0.5) is 0 Å². The summed E-state index contributed by atoms with van der Waals surface area (Å²) in [4.78, 5) is 12.3. The first-order valence-electron chi connectivity index (χ1n) is 3.39. The predicted octanol–water partition coefficient (Wildman–Crippen LogP) is -0.498. The fraction of sp³-hybridized carbons (Fsp3) is 0.833. The number of carbonyl (C=O) groups is 1. The number of rotatable bonds is 1. The molecule has 56 valence electrons. The van der Waals surface area contributed by atoms with Crippen molar-refractivity contribution in [3.63, 3.8) is 0 Å². The van der Waals surface area contributed by atoms with Crippen LogP contribution < -0.4 is 0 Å². The molecular weight excluding hydrogens is 134 g/mol. The molecule has 10 heavy (non-hydrogen) atoms. The Morgan fingerprint density at radius 1 is 1.70 bits per heavy atom. The molecule has 0 aromatic heterocycles. The highest BCUT2D eigenvalue weighted by atomic mass is 16.5. The summed E-state index contributed by atoms with van der Waals surface area (Å²) in [5.41, 5.74) is 0. The van der Waals surface area contributed by atoms with Gasteiger partial charge in [-0.05, 0) is 0 Å². The van der Waals surface area contributed by atoms with E-state index in [4.69, 9.17) is 9.84 Å². The van der Waals surface area contributed by atoms with E-state index in [1.807, 2.05) is 4.90 Å². The largest absolute Gasteiger partial charge is 0.480 e. The maximum Gasteiger partial charge on any atom is 0.323 e. The second kappa shape index (κ2) is 1.93. The molecule has 2 aliphatic rings. The smallest absolute Gasteiger partial charge is 0.323 e. The zero-order chi connectivity index (χ0) is 7.14. The quantitative estimate of drug-likeness (QED) is 0.537. The van der Waals surface area contributed by atoms with Gasteiger partial charge < -0.3 is 9.84 Å². The number of nitrogens with zero attached hydrogens (tertiary/aromatic N) is 1. The average molecular weight is 143 g/mol. The Labute approximate surface area is 58.4 Å². The molecule has 2 aliphatic heterocycles. The summed E-state index contributed by atoms with van der Waals surface area (Å²) in [6.07, 6.45) is 1.10. The molecule has 0 bridgehead atoms. The average Bonchev–Trinajstić information content (AvgIpc) is 2.07. The lowest BCUT2D eigenvalue weighted by Gasteiger charge is -2.34. The van der Waals surface area contributed by atoms with Gasteiger partial charge in [-0.1, -0.05) is 0 Å². The van der Waals surface area contributed by atoms with E-state index in [-0.39, 0.29) is 12.3 Å². The molecule has 0 spiro atoms. The van der Waals surface area contributed by atoms with Gasteiger partial charge in [0, 0.05) is 13.0 Å². The highest BCUT2D eigenvalue weighted by Gasteiger charge is 2.44. The SMILES string of the molecule is O=C(O)C1COC2CCN21. The minimum absolute atomic E-state index is 0.112. The predicted molar refractivity (Wildman–Crippen MR) is 32.5 cm³/mol. The summed E-state index contributed by atoms with van der Waals surface area (Å²) in [6.45, 7) is 1.24. The molecule has 4 nitrogen and oxygen atoms in total. The summed E-state index contributed by atoms with van der Waals surface area (Å²) in [5.74, 6) is -0.762. The normalized spacial score (nSPS) is 38.8. The van der Waals surface area contributed by atoms with Gasteiger partial charge in [-0.2, -0.15) is 0 Å². The van der Waals surface area contributed by atoms with E-state index in [1.54, 1.807) is 0 Å². The summed E-state index contributed by atoms with van der Waals surface area (Å²) >= 11 is 0. The molecule has 2 heterocycles. The topological polar surface area (TPSA) is 49.8 Å².